The molecule has 2 aromatic rings. The highest BCUT2D eigenvalue weighted by Crippen LogP contribution is 2.30. The molecule has 0 aliphatic carbocycles. The fourth-order valence-corrected chi connectivity index (χ4v) is 4.33. The van der Waals surface area contributed by atoms with Gasteiger partial charge in [0, 0.05) is 35.8 Å². The Morgan fingerprint density at radius 3 is 2.67 bits per heavy atom. The summed E-state index contributed by atoms with van der Waals surface area (Å²) in [5.74, 6) is -1.59. The number of halogens is 1. The van der Waals surface area contributed by atoms with Gasteiger partial charge in [-0.25, -0.2) is 14.5 Å². The Balaban J connectivity index is 1.39. The van der Waals surface area contributed by atoms with Gasteiger partial charge in [0.05, 0.1) is 0 Å². The number of anilines is 1. The number of aryl methyl sites for hydroxylation is 1. The van der Waals surface area contributed by atoms with Crippen molar-refractivity contribution in [2.75, 3.05) is 12.0 Å². The topological polar surface area (TPSA) is 145 Å². The average Bonchev–Trinajstić information content (AvgIpc) is 3.15. The summed E-state index contributed by atoms with van der Waals surface area (Å²) in [6.45, 7) is 1.49. The summed E-state index contributed by atoms with van der Waals surface area (Å²) in [6.07, 6.45) is -1.49. The third kappa shape index (κ3) is 5.25. The van der Waals surface area contributed by atoms with Crippen LogP contribution in [0, 0.1) is 6.92 Å². The minimum absolute atomic E-state index is 0.0179. The summed E-state index contributed by atoms with van der Waals surface area (Å²) >= 11 is 6.08. The predicted octanol–water partition coefficient (Wildman–Crippen LogP) is 3.10. The Morgan fingerprint density at radius 1 is 1.17 bits per heavy atom. The SMILES string of the molecule is Cc1ccc(NC(=O)NCc2ccc3c(c2)CN(C2CCC(=O)N(COC(=O)O)C2=O)C3=O)cc1Cl. The minimum Gasteiger partial charge on any atom is -0.450 e. The van der Waals surface area contributed by atoms with Gasteiger partial charge in [-0.05, 0) is 48.2 Å². The second-order valence-corrected chi connectivity index (χ2v) is 8.86. The lowest BCUT2D eigenvalue weighted by atomic mass is 10.0. The number of nitrogens with zero attached hydrogens (tertiary/aromatic N) is 2. The number of amides is 5. The van der Waals surface area contributed by atoms with Gasteiger partial charge >= 0.3 is 12.2 Å². The molecule has 11 nitrogen and oxygen atoms in total. The first-order chi connectivity index (χ1) is 17.1. The van der Waals surface area contributed by atoms with E-state index in [1.165, 1.54) is 4.90 Å². The van der Waals surface area contributed by atoms with Crippen molar-refractivity contribution in [3.63, 3.8) is 0 Å². The Morgan fingerprint density at radius 2 is 1.94 bits per heavy atom. The molecule has 2 aliphatic rings. The number of benzene rings is 2. The first-order valence-electron chi connectivity index (χ1n) is 11.1. The maximum Gasteiger partial charge on any atom is 0.507 e. The average molecular weight is 515 g/mol. The van der Waals surface area contributed by atoms with Crippen molar-refractivity contribution < 1.29 is 33.8 Å². The van der Waals surface area contributed by atoms with Crippen LogP contribution in [0.3, 0.4) is 0 Å². The zero-order valence-electron chi connectivity index (χ0n) is 19.2. The number of likely N-dealkylation sites (tertiary alicyclic amines) is 1. The van der Waals surface area contributed by atoms with Crippen LogP contribution in [0.4, 0.5) is 15.3 Å². The van der Waals surface area contributed by atoms with Crippen molar-refractivity contribution in [3.05, 3.63) is 63.7 Å². The van der Waals surface area contributed by atoms with Gasteiger partial charge in [0.25, 0.3) is 11.8 Å². The summed E-state index contributed by atoms with van der Waals surface area (Å²) in [7, 11) is 0. The number of carboxylic acid groups (broad SMARTS) is 1. The molecule has 1 saturated heterocycles. The molecule has 0 saturated carbocycles. The molecule has 0 spiro atoms. The molecule has 188 valence electrons. The Hall–Kier alpha value is -4.12. The van der Waals surface area contributed by atoms with E-state index in [1.54, 1.807) is 36.4 Å². The highest BCUT2D eigenvalue weighted by molar-refractivity contribution is 6.31. The number of ether oxygens (including phenoxy) is 1. The van der Waals surface area contributed by atoms with E-state index >= 15 is 0 Å². The lowest BCUT2D eigenvalue weighted by Crippen LogP contribution is -2.55. The monoisotopic (exact) mass is 514 g/mol. The lowest BCUT2D eigenvalue weighted by Gasteiger charge is -2.34. The van der Waals surface area contributed by atoms with E-state index in [1.807, 2.05) is 6.92 Å². The van der Waals surface area contributed by atoms with E-state index in [4.69, 9.17) is 16.7 Å². The van der Waals surface area contributed by atoms with Crippen LogP contribution < -0.4 is 10.6 Å². The fourth-order valence-electron chi connectivity index (χ4n) is 4.15. The van der Waals surface area contributed by atoms with Gasteiger partial charge in [-0.15, -0.1) is 0 Å². The van der Waals surface area contributed by atoms with Crippen LogP contribution in [0.15, 0.2) is 36.4 Å². The van der Waals surface area contributed by atoms with Gasteiger partial charge in [-0.3, -0.25) is 14.4 Å². The molecule has 1 unspecified atom stereocenters. The Labute approximate surface area is 210 Å². The number of hydrogen-bond acceptors (Lipinski definition) is 6. The molecule has 0 aromatic heterocycles. The lowest BCUT2D eigenvalue weighted by molar-refractivity contribution is -0.157. The van der Waals surface area contributed by atoms with Crippen LogP contribution in [0.5, 0.6) is 0 Å². The number of hydrogen-bond donors (Lipinski definition) is 3. The Kier molecular flexibility index (Phi) is 7.11. The predicted molar refractivity (Wildman–Crippen MR) is 127 cm³/mol. The van der Waals surface area contributed by atoms with Gasteiger partial charge < -0.3 is 25.4 Å². The number of urea groups is 1. The van der Waals surface area contributed by atoms with E-state index < -0.39 is 36.8 Å². The first kappa shape index (κ1) is 25.0. The number of carbonyl (C=O) groups excluding carboxylic acids is 4. The summed E-state index contributed by atoms with van der Waals surface area (Å²) in [5.41, 5.74) is 3.31. The van der Waals surface area contributed by atoms with Crippen molar-refractivity contribution in [3.8, 4) is 0 Å². The third-order valence-corrected chi connectivity index (χ3v) is 6.47. The van der Waals surface area contributed by atoms with Gasteiger partial charge in [0.1, 0.15) is 6.04 Å². The largest absolute Gasteiger partial charge is 0.507 e. The second-order valence-electron chi connectivity index (χ2n) is 8.45. The van der Waals surface area contributed by atoms with Gasteiger partial charge in [-0.2, -0.15) is 0 Å². The first-order valence-corrected chi connectivity index (χ1v) is 11.5. The molecule has 2 aromatic carbocycles. The van der Waals surface area contributed by atoms with E-state index in [9.17, 15) is 24.0 Å². The van der Waals surface area contributed by atoms with E-state index in [0.717, 1.165) is 11.1 Å². The molecule has 1 fully saturated rings. The summed E-state index contributed by atoms with van der Waals surface area (Å²) in [4.78, 5) is 62.9. The summed E-state index contributed by atoms with van der Waals surface area (Å²) in [6, 6.07) is 8.99. The minimum atomic E-state index is -1.61. The molecule has 5 amide bonds. The van der Waals surface area contributed by atoms with Crippen molar-refractivity contribution in [2.24, 2.45) is 0 Å². The molecule has 36 heavy (non-hydrogen) atoms. The van der Waals surface area contributed by atoms with Crippen LogP contribution >= 0.6 is 11.6 Å². The van der Waals surface area contributed by atoms with Crippen molar-refractivity contribution >= 4 is 47.2 Å². The highest BCUT2D eigenvalue weighted by Gasteiger charge is 2.43. The van der Waals surface area contributed by atoms with E-state index in [2.05, 4.69) is 15.4 Å². The smallest absolute Gasteiger partial charge is 0.450 e. The highest BCUT2D eigenvalue weighted by atomic mass is 35.5. The van der Waals surface area contributed by atoms with Crippen LogP contribution in [-0.2, 0) is 27.4 Å². The molecule has 2 aliphatic heterocycles. The maximum atomic E-state index is 13.0. The molecule has 4 rings (SSSR count). The summed E-state index contributed by atoms with van der Waals surface area (Å²) in [5, 5.41) is 14.7. The summed E-state index contributed by atoms with van der Waals surface area (Å²) < 4.78 is 4.38. The normalized spacial score (nSPS) is 17.2. The Bertz CT molecular complexity index is 1270. The van der Waals surface area contributed by atoms with Crippen LogP contribution in [0.1, 0.15) is 39.9 Å². The second kappa shape index (κ2) is 10.2. The molecule has 12 heteroatoms. The van der Waals surface area contributed by atoms with Crippen molar-refractivity contribution in [1.82, 2.24) is 15.1 Å². The quantitative estimate of drug-likeness (QED) is 0.396. The number of fused-ring (bicyclic) bond motifs is 1. The molecule has 0 bridgehead atoms. The van der Waals surface area contributed by atoms with E-state index in [-0.39, 0.29) is 31.8 Å². The molecule has 3 N–H and O–H groups in total. The molecule has 2 heterocycles. The van der Waals surface area contributed by atoms with Crippen molar-refractivity contribution in [2.45, 2.75) is 38.9 Å². The van der Waals surface area contributed by atoms with Crippen LogP contribution in [0.2, 0.25) is 5.02 Å². The van der Waals surface area contributed by atoms with Gasteiger partial charge in [-0.1, -0.05) is 29.8 Å². The zero-order valence-corrected chi connectivity index (χ0v) is 20.0. The molecule has 0 radical (unpaired) electrons. The zero-order chi connectivity index (χ0) is 26.0. The van der Waals surface area contributed by atoms with Crippen LogP contribution in [0.25, 0.3) is 0 Å². The van der Waals surface area contributed by atoms with Gasteiger partial charge in [0.15, 0.2) is 6.73 Å². The third-order valence-electron chi connectivity index (χ3n) is 6.06. The number of imide groups is 1. The number of rotatable bonds is 6. The maximum absolute atomic E-state index is 13.0. The van der Waals surface area contributed by atoms with Gasteiger partial charge in [0.2, 0.25) is 5.91 Å². The van der Waals surface area contributed by atoms with Crippen molar-refractivity contribution in [1.29, 1.82) is 0 Å². The molecular formula is C24H23ClN4O7. The number of carbonyl (C=O) groups is 5. The molecular weight excluding hydrogens is 492 g/mol. The number of nitrogens with one attached hydrogen (secondary N) is 2. The molecule has 1 atom stereocenters. The standard InChI is InChI=1S/C24H23ClN4O7/c1-13-2-4-16(9-18(13)25)27-23(33)26-10-14-3-5-17-15(8-14)11-28(21(17)31)19-6-7-20(30)29(22(19)32)12-36-24(34)35/h2-5,8-9,19H,6-7,10-12H2,1H3,(H,34,35)(H2,26,27,33). The fraction of sp³-hybridized carbons (Fsp3) is 0.292. The van der Waals surface area contributed by atoms with Crippen LogP contribution in [-0.4, -0.2) is 57.6 Å². The number of piperidine rings is 1. The van der Waals surface area contributed by atoms with E-state index in [0.29, 0.717) is 26.7 Å².